The molecule has 0 aromatic rings. The lowest BCUT2D eigenvalue weighted by Gasteiger charge is -2.34. The van der Waals surface area contributed by atoms with Crippen molar-refractivity contribution in [3.8, 4) is 0 Å². The maximum absolute atomic E-state index is 4.66. The molecule has 0 saturated heterocycles. The van der Waals surface area contributed by atoms with Gasteiger partial charge in [0.15, 0.2) is 0 Å². The van der Waals surface area contributed by atoms with Crippen molar-refractivity contribution in [2.75, 3.05) is 0 Å². The molecule has 0 nitrogen and oxygen atoms in total. The van der Waals surface area contributed by atoms with Crippen LogP contribution >= 0.6 is 19.4 Å². The summed E-state index contributed by atoms with van der Waals surface area (Å²) in [4.78, 5) is 0. The number of hydrogen-bond acceptors (Lipinski definition) is 1. The number of allylic oxidation sites excluding steroid dienone is 1. The Morgan fingerprint density at radius 3 is 1.50 bits per heavy atom. The standard InChI is InChI=1S/C10H21PS/c1-8(9(2,3)4)11(12)10(5,6)7/h12H,1H2,2-7H3. The van der Waals surface area contributed by atoms with E-state index in [2.05, 4.69) is 60.4 Å². The second-order valence-electron chi connectivity index (χ2n) is 5.18. The Balaban J connectivity index is 4.53. The fraction of sp³-hybridized carbons (Fsp3) is 0.800. The van der Waals surface area contributed by atoms with Gasteiger partial charge in [-0.25, -0.2) is 0 Å². The molecule has 0 aliphatic heterocycles. The normalized spacial score (nSPS) is 15.9. The monoisotopic (exact) mass is 204 g/mol. The second kappa shape index (κ2) is 3.72. The molecule has 0 spiro atoms. The van der Waals surface area contributed by atoms with Crippen LogP contribution in [0.15, 0.2) is 11.9 Å². The Kier molecular flexibility index (Phi) is 3.88. The highest BCUT2D eigenvalue weighted by molar-refractivity contribution is 8.47. The van der Waals surface area contributed by atoms with Gasteiger partial charge >= 0.3 is 0 Å². The summed E-state index contributed by atoms with van der Waals surface area (Å²) in [5.74, 6) is 0. The van der Waals surface area contributed by atoms with Crippen molar-refractivity contribution in [1.29, 1.82) is 0 Å². The van der Waals surface area contributed by atoms with Crippen LogP contribution < -0.4 is 0 Å². The van der Waals surface area contributed by atoms with Gasteiger partial charge in [0.05, 0.1) is 0 Å². The molecule has 0 aliphatic carbocycles. The lowest BCUT2D eigenvalue weighted by molar-refractivity contribution is 0.531. The maximum atomic E-state index is 4.66. The molecule has 12 heavy (non-hydrogen) atoms. The zero-order chi connectivity index (χ0) is 10.2. The third-order valence-corrected chi connectivity index (χ3v) is 6.73. The van der Waals surface area contributed by atoms with Crippen molar-refractivity contribution >= 4 is 19.4 Å². The third-order valence-electron chi connectivity index (χ3n) is 1.76. The van der Waals surface area contributed by atoms with Crippen LogP contribution in [0.2, 0.25) is 0 Å². The summed E-state index contributed by atoms with van der Waals surface area (Å²) in [5, 5.41) is 1.55. The van der Waals surface area contributed by atoms with Crippen molar-refractivity contribution in [1.82, 2.24) is 0 Å². The van der Waals surface area contributed by atoms with E-state index in [0.717, 1.165) is 0 Å². The van der Waals surface area contributed by atoms with Crippen LogP contribution in [0.5, 0.6) is 0 Å². The molecule has 0 amide bonds. The highest BCUT2D eigenvalue weighted by atomic mass is 32.7. The first kappa shape index (κ1) is 12.5. The predicted octanol–water partition coefficient (Wildman–Crippen LogP) is 4.67. The van der Waals surface area contributed by atoms with Crippen molar-refractivity contribution in [3.05, 3.63) is 11.9 Å². The van der Waals surface area contributed by atoms with Gasteiger partial charge in [0.25, 0.3) is 0 Å². The van der Waals surface area contributed by atoms with E-state index in [-0.39, 0.29) is 17.7 Å². The van der Waals surface area contributed by atoms with E-state index >= 15 is 0 Å². The van der Waals surface area contributed by atoms with Gasteiger partial charge < -0.3 is 0 Å². The summed E-state index contributed by atoms with van der Waals surface area (Å²) in [6.07, 6.45) is 0. The van der Waals surface area contributed by atoms with Crippen molar-refractivity contribution in [2.45, 2.75) is 46.7 Å². The van der Waals surface area contributed by atoms with Crippen molar-refractivity contribution in [3.63, 3.8) is 0 Å². The minimum Gasteiger partial charge on any atom is -0.146 e. The quantitative estimate of drug-likeness (QED) is 0.465. The summed E-state index contributed by atoms with van der Waals surface area (Å²) >= 11 is 4.66. The molecule has 1 atom stereocenters. The molecule has 2 heteroatoms. The molecule has 0 heterocycles. The number of hydrogen-bond donors (Lipinski definition) is 1. The molecule has 0 rings (SSSR count). The lowest BCUT2D eigenvalue weighted by atomic mass is 9.97. The molecule has 0 N–H and O–H groups in total. The van der Waals surface area contributed by atoms with Crippen molar-refractivity contribution in [2.24, 2.45) is 5.41 Å². The van der Waals surface area contributed by atoms with Gasteiger partial charge in [0, 0.05) is 0 Å². The fourth-order valence-electron chi connectivity index (χ4n) is 0.723. The van der Waals surface area contributed by atoms with E-state index < -0.39 is 0 Å². The van der Waals surface area contributed by atoms with Gasteiger partial charge in [-0.3, -0.25) is 0 Å². The highest BCUT2D eigenvalue weighted by Gasteiger charge is 2.29. The number of thiol groups is 1. The van der Waals surface area contributed by atoms with Gasteiger partial charge in [-0.05, 0) is 23.0 Å². The van der Waals surface area contributed by atoms with E-state index in [1.165, 1.54) is 5.31 Å². The first-order valence-corrected chi connectivity index (χ1v) is 6.75. The van der Waals surface area contributed by atoms with E-state index in [0.29, 0.717) is 0 Å². The molecular weight excluding hydrogens is 183 g/mol. The largest absolute Gasteiger partial charge is 0.146 e. The van der Waals surface area contributed by atoms with Gasteiger partial charge in [-0.2, -0.15) is 0 Å². The van der Waals surface area contributed by atoms with E-state index in [1.54, 1.807) is 0 Å². The molecule has 0 fully saturated rings. The van der Waals surface area contributed by atoms with Gasteiger partial charge in [0.1, 0.15) is 0 Å². The first-order valence-electron chi connectivity index (χ1n) is 4.25. The summed E-state index contributed by atoms with van der Waals surface area (Å²) < 4.78 is 0. The van der Waals surface area contributed by atoms with Gasteiger partial charge in [-0.1, -0.05) is 48.1 Å². The molecule has 0 aromatic carbocycles. The molecule has 0 aromatic heterocycles. The van der Waals surface area contributed by atoms with Crippen LogP contribution in [-0.4, -0.2) is 5.16 Å². The van der Waals surface area contributed by atoms with Crippen LogP contribution in [0.3, 0.4) is 0 Å². The smallest absolute Gasteiger partial charge is 0.00524 e. The SMILES string of the molecule is C=C(P(S)C(C)(C)C)C(C)(C)C. The molecular formula is C10H21PS. The Labute approximate surface area is 83.7 Å². The average molecular weight is 204 g/mol. The van der Waals surface area contributed by atoms with Crippen LogP contribution in [0.1, 0.15) is 41.5 Å². The van der Waals surface area contributed by atoms with Gasteiger partial charge in [0.2, 0.25) is 0 Å². The topological polar surface area (TPSA) is 0 Å². The zero-order valence-electron chi connectivity index (χ0n) is 9.10. The maximum Gasteiger partial charge on any atom is -0.00524 e. The van der Waals surface area contributed by atoms with Crippen LogP contribution in [0, 0.1) is 5.41 Å². The molecule has 0 aliphatic rings. The molecule has 0 radical (unpaired) electrons. The van der Waals surface area contributed by atoms with Crippen LogP contribution in [0.25, 0.3) is 0 Å². The third kappa shape index (κ3) is 3.49. The average Bonchev–Trinajstić information content (AvgIpc) is 1.80. The Hall–Kier alpha value is 0.520. The Morgan fingerprint density at radius 2 is 1.42 bits per heavy atom. The minimum absolute atomic E-state index is 0.195. The second-order valence-corrected chi connectivity index (χ2v) is 8.88. The summed E-state index contributed by atoms with van der Waals surface area (Å²) in [5.41, 5.74) is 0.195. The van der Waals surface area contributed by atoms with E-state index in [4.69, 9.17) is 0 Å². The Morgan fingerprint density at radius 1 is 1.08 bits per heavy atom. The lowest BCUT2D eigenvalue weighted by Crippen LogP contribution is -2.15. The van der Waals surface area contributed by atoms with Crippen molar-refractivity contribution < 1.29 is 0 Å². The zero-order valence-corrected chi connectivity index (χ0v) is 10.9. The fourth-order valence-corrected chi connectivity index (χ4v) is 3.07. The predicted molar refractivity (Wildman–Crippen MR) is 64.3 cm³/mol. The molecule has 72 valence electrons. The van der Waals surface area contributed by atoms with Gasteiger partial charge in [-0.15, -0.1) is 12.2 Å². The van der Waals surface area contributed by atoms with E-state index in [1.807, 2.05) is 0 Å². The summed E-state index contributed by atoms with van der Waals surface area (Å²) in [6.45, 7) is 17.4. The van der Waals surface area contributed by atoms with Crippen LogP contribution in [-0.2, 0) is 0 Å². The highest BCUT2D eigenvalue weighted by Crippen LogP contribution is 2.63. The summed E-state index contributed by atoms with van der Waals surface area (Å²) in [6, 6.07) is 0. The molecule has 0 bridgehead atoms. The number of rotatable bonds is 1. The molecule has 0 saturated carbocycles. The minimum atomic E-state index is -0.371. The molecule has 1 unspecified atom stereocenters. The first-order chi connectivity index (χ1) is 5.07. The summed E-state index contributed by atoms with van der Waals surface area (Å²) in [7, 11) is -0.371. The Bertz CT molecular complexity index is 171. The van der Waals surface area contributed by atoms with Crippen LogP contribution in [0.4, 0.5) is 0 Å². The van der Waals surface area contributed by atoms with E-state index in [9.17, 15) is 0 Å².